The highest BCUT2D eigenvalue weighted by Gasteiger charge is 2.29. The van der Waals surface area contributed by atoms with Gasteiger partial charge in [0.15, 0.2) is 11.5 Å². The van der Waals surface area contributed by atoms with Gasteiger partial charge in [0, 0.05) is 17.2 Å². The topological polar surface area (TPSA) is 76.7 Å². The number of para-hydroxylation sites is 2. The maximum atomic E-state index is 12.4. The Hall–Kier alpha value is -3.02. The van der Waals surface area contributed by atoms with Gasteiger partial charge in [-0.3, -0.25) is 9.59 Å². The Bertz CT molecular complexity index is 832. The van der Waals surface area contributed by atoms with Gasteiger partial charge in [0.1, 0.15) is 12.7 Å². The molecule has 6 heteroatoms. The van der Waals surface area contributed by atoms with Crippen LogP contribution in [-0.4, -0.2) is 31.1 Å². The molecule has 0 aromatic heterocycles. The summed E-state index contributed by atoms with van der Waals surface area (Å²) in [4.78, 5) is 24.2. The Morgan fingerprint density at radius 2 is 1.85 bits per heavy atom. The predicted octanol–water partition coefficient (Wildman–Crippen LogP) is 2.60. The standard InChI is InChI=1S/C20H20N2O4/c23-19(14-4-3-5-15(10-14)22-20(24)13-8-9-13)21-11-16-12-25-17-6-1-2-7-18(17)26-16/h1-7,10,13,16H,8-9,11-12H2,(H,21,23)(H,22,24). The molecule has 134 valence electrons. The zero-order valence-corrected chi connectivity index (χ0v) is 14.2. The van der Waals surface area contributed by atoms with Crippen LogP contribution in [-0.2, 0) is 4.79 Å². The van der Waals surface area contributed by atoms with Gasteiger partial charge in [-0.05, 0) is 43.2 Å². The Labute approximate surface area is 151 Å². The number of rotatable bonds is 5. The largest absolute Gasteiger partial charge is 0.486 e. The fourth-order valence-corrected chi connectivity index (χ4v) is 2.80. The minimum Gasteiger partial charge on any atom is -0.486 e. The van der Waals surface area contributed by atoms with Crippen molar-refractivity contribution < 1.29 is 19.1 Å². The number of anilines is 1. The van der Waals surface area contributed by atoms with Crippen molar-refractivity contribution in [2.75, 3.05) is 18.5 Å². The molecule has 0 radical (unpaired) electrons. The Kier molecular flexibility index (Phi) is 4.48. The van der Waals surface area contributed by atoms with E-state index in [2.05, 4.69) is 10.6 Å². The average Bonchev–Trinajstić information content (AvgIpc) is 3.51. The number of carbonyl (C=O) groups excluding carboxylic acids is 2. The van der Waals surface area contributed by atoms with Gasteiger partial charge < -0.3 is 20.1 Å². The quantitative estimate of drug-likeness (QED) is 0.867. The van der Waals surface area contributed by atoms with Gasteiger partial charge in [-0.1, -0.05) is 18.2 Å². The number of fused-ring (bicyclic) bond motifs is 1. The van der Waals surface area contributed by atoms with E-state index in [-0.39, 0.29) is 23.8 Å². The van der Waals surface area contributed by atoms with E-state index in [1.54, 1.807) is 24.3 Å². The van der Waals surface area contributed by atoms with Crippen molar-refractivity contribution in [1.82, 2.24) is 5.32 Å². The molecule has 2 aromatic carbocycles. The third-order valence-electron chi connectivity index (χ3n) is 4.40. The zero-order chi connectivity index (χ0) is 17.9. The molecule has 4 rings (SSSR count). The highest BCUT2D eigenvalue weighted by Crippen LogP contribution is 2.31. The van der Waals surface area contributed by atoms with Crippen molar-refractivity contribution in [3.63, 3.8) is 0 Å². The van der Waals surface area contributed by atoms with Crippen LogP contribution in [0.15, 0.2) is 48.5 Å². The van der Waals surface area contributed by atoms with Crippen molar-refractivity contribution >= 4 is 17.5 Å². The fraction of sp³-hybridized carbons (Fsp3) is 0.300. The van der Waals surface area contributed by atoms with E-state index in [0.29, 0.717) is 35.9 Å². The van der Waals surface area contributed by atoms with Gasteiger partial charge in [-0.2, -0.15) is 0 Å². The second kappa shape index (κ2) is 7.07. The minimum atomic E-state index is -0.244. The number of benzene rings is 2. The summed E-state index contributed by atoms with van der Waals surface area (Å²) < 4.78 is 11.5. The second-order valence-electron chi connectivity index (χ2n) is 6.55. The summed E-state index contributed by atoms with van der Waals surface area (Å²) in [6.45, 7) is 0.723. The van der Waals surface area contributed by atoms with E-state index in [9.17, 15) is 9.59 Å². The molecule has 2 aliphatic rings. The van der Waals surface area contributed by atoms with Crippen molar-refractivity contribution in [1.29, 1.82) is 0 Å². The molecule has 1 heterocycles. The molecule has 0 spiro atoms. The molecule has 0 bridgehead atoms. The fourth-order valence-electron chi connectivity index (χ4n) is 2.80. The molecule has 0 saturated heterocycles. The van der Waals surface area contributed by atoms with Crippen LogP contribution < -0.4 is 20.1 Å². The van der Waals surface area contributed by atoms with Crippen LogP contribution in [0.25, 0.3) is 0 Å². The first kappa shape index (κ1) is 16.4. The normalized spacial score (nSPS) is 18.1. The molecule has 1 saturated carbocycles. The van der Waals surface area contributed by atoms with Gasteiger partial charge in [-0.15, -0.1) is 0 Å². The Morgan fingerprint density at radius 3 is 2.65 bits per heavy atom. The lowest BCUT2D eigenvalue weighted by molar-refractivity contribution is -0.117. The third-order valence-corrected chi connectivity index (χ3v) is 4.40. The first-order chi connectivity index (χ1) is 12.7. The van der Waals surface area contributed by atoms with E-state index >= 15 is 0 Å². The molecule has 26 heavy (non-hydrogen) atoms. The maximum Gasteiger partial charge on any atom is 0.251 e. The molecule has 1 fully saturated rings. The molecule has 1 aliphatic heterocycles. The lowest BCUT2D eigenvalue weighted by atomic mass is 10.1. The van der Waals surface area contributed by atoms with Gasteiger partial charge in [0.25, 0.3) is 5.91 Å². The zero-order valence-electron chi connectivity index (χ0n) is 14.2. The van der Waals surface area contributed by atoms with Crippen molar-refractivity contribution in [3.05, 3.63) is 54.1 Å². The molecule has 1 unspecified atom stereocenters. The molecule has 2 aromatic rings. The summed E-state index contributed by atoms with van der Waals surface area (Å²) in [5, 5.41) is 5.71. The van der Waals surface area contributed by atoms with Crippen LogP contribution >= 0.6 is 0 Å². The van der Waals surface area contributed by atoms with E-state index in [1.807, 2.05) is 24.3 Å². The second-order valence-corrected chi connectivity index (χ2v) is 6.55. The van der Waals surface area contributed by atoms with Crippen molar-refractivity contribution in [2.24, 2.45) is 5.92 Å². The molecule has 1 atom stereocenters. The summed E-state index contributed by atoms with van der Waals surface area (Å²) in [6, 6.07) is 14.4. The summed E-state index contributed by atoms with van der Waals surface area (Å²) in [7, 11) is 0. The summed E-state index contributed by atoms with van der Waals surface area (Å²) in [5.41, 5.74) is 1.14. The number of hydrogen-bond donors (Lipinski definition) is 2. The summed E-state index contributed by atoms with van der Waals surface area (Å²) in [5.74, 6) is 1.33. The first-order valence-corrected chi connectivity index (χ1v) is 8.76. The van der Waals surface area contributed by atoms with E-state index < -0.39 is 0 Å². The van der Waals surface area contributed by atoms with Gasteiger partial charge in [0.2, 0.25) is 5.91 Å². The molecular weight excluding hydrogens is 332 g/mol. The number of carbonyl (C=O) groups is 2. The van der Waals surface area contributed by atoms with E-state index in [4.69, 9.17) is 9.47 Å². The Morgan fingerprint density at radius 1 is 1.04 bits per heavy atom. The molecular formula is C20H20N2O4. The third kappa shape index (κ3) is 3.79. The number of amides is 2. The molecule has 2 N–H and O–H groups in total. The van der Waals surface area contributed by atoms with Crippen LogP contribution in [0.4, 0.5) is 5.69 Å². The van der Waals surface area contributed by atoms with Crippen molar-refractivity contribution in [2.45, 2.75) is 18.9 Å². The van der Waals surface area contributed by atoms with Crippen LogP contribution in [0.5, 0.6) is 11.5 Å². The van der Waals surface area contributed by atoms with E-state index in [1.165, 1.54) is 0 Å². The van der Waals surface area contributed by atoms with Crippen LogP contribution in [0.2, 0.25) is 0 Å². The van der Waals surface area contributed by atoms with Gasteiger partial charge >= 0.3 is 0 Å². The number of hydrogen-bond acceptors (Lipinski definition) is 4. The highest BCUT2D eigenvalue weighted by molar-refractivity contribution is 5.98. The number of ether oxygens (including phenoxy) is 2. The smallest absolute Gasteiger partial charge is 0.251 e. The van der Waals surface area contributed by atoms with Crippen LogP contribution in [0, 0.1) is 5.92 Å². The lowest BCUT2D eigenvalue weighted by Gasteiger charge is -2.26. The van der Waals surface area contributed by atoms with Gasteiger partial charge in [0.05, 0.1) is 6.54 Å². The van der Waals surface area contributed by atoms with Gasteiger partial charge in [-0.25, -0.2) is 0 Å². The molecule has 6 nitrogen and oxygen atoms in total. The number of nitrogens with one attached hydrogen (secondary N) is 2. The van der Waals surface area contributed by atoms with Crippen LogP contribution in [0.1, 0.15) is 23.2 Å². The Balaban J connectivity index is 1.33. The first-order valence-electron chi connectivity index (χ1n) is 8.76. The summed E-state index contributed by atoms with van der Waals surface area (Å²) >= 11 is 0. The molecule has 1 aliphatic carbocycles. The monoisotopic (exact) mass is 352 g/mol. The predicted molar refractivity (Wildman–Crippen MR) is 96.5 cm³/mol. The van der Waals surface area contributed by atoms with E-state index in [0.717, 1.165) is 12.8 Å². The lowest BCUT2D eigenvalue weighted by Crippen LogP contribution is -2.40. The van der Waals surface area contributed by atoms with Crippen molar-refractivity contribution in [3.8, 4) is 11.5 Å². The molecule has 2 amide bonds. The SMILES string of the molecule is O=C(NCC1COc2ccccc2O1)c1cccc(NC(=O)C2CC2)c1. The minimum absolute atomic E-state index is 0.0222. The summed E-state index contributed by atoms with van der Waals surface area (Å²) in [6.07, 6.45) is 1.64. The maximum absolute atomic E-state index is 12.4. The average molecular weight is 352 g/mol. The highest BCUT2D eigenvalue weighted by atomic mass is 16.6. The van der Waals surface area contributed by atoms with Crippen LogP contribution in [0.3, 0.4) is 0 Å².